The van der Waals surface area contributed by atoms with Crippen molar-refractivity contribution in [3.63, 3.8) is 0 Å². The third kappa shape index (κ3) is 7.66. The number of amides is 2. The first kappa shape index (κ1) is 31.2. The molecule has 3 atom stereocenters. The van der Waals surface area contributed by atoms with Gasteiger partial charge in [0, 0.05) is 12.4 Å². The van der Waals surface area contributed by atoms with E-state index in [9.17, 15) is 19.5 Å². The van der Waals surface area contributed by atoms with E-state index in [0.29, 0.717) is 18.4 Å². The van der Waals surface area contributed by atoms with Crippen molar-refractivity contribution in [3.05, 3.63) is 150 Å². The highest BCUT2D eigenvalue weighted by molar-refractivity contribution is 5.92. The van der Waals surface area contributed by atoms with Crippen molar-refractivity contribution in [2.24, 2.45) is 5.73 Å². The van der Waals surface area contributed by atoms with Gasteiger partial charge in [0.1, 0.15) is 12.6 Å². The van der Waals surface area contributed by atoms with Crippen LogP contribution in [0.2, 0.25) is 0 Å². The second-order valence-electron chi connectivity index (χ2n) is 11.2. The maximum atomic E-state index is 13.7. The smallest absolute Gasteiger partial charge is 0.308 e. The molecule has 3 unspecified atom stereocenters. The monoisotopic (exact) mass is 603 g/mol. The minimum atomic E-state index is -1.13. The number of esters is 1. The predicted molar refractivity (Wildman–Crippen MR) is 173 cm³/mol. The first-order chi connectivity index (χ1) is 21.9. The maximum Gasteiger partial charge on any atom is 0.308 e. The number of hydrogen-bond donors (Lipinski definition) is 3. The molecule has 0 aliphatic heterocycles. The third-order valence-corrected chi connectivity index (χ3v) is 8.12. The number of nitrogens with two attached hydrogens (primary N) is 1. The molecule has 5 rings (SSSR count). The number of benzene rings is 3. The largest absolute Gasteiger partial charge is 0.461 e. The summed E-state index contributed by atoms with van der Waals surface area (Å²) in [6, 6.07) is 28.9. The zero-order valence-electron chi connectivity index (χ0n) is 24.9. The lowest BCUT2D eigenvalue weighted by Gasteiger charge is -2.29. The van der Waals surface area contributed by atoms with E-state index < -0.39 is 35.3 Å². The van der Waals surface area contributed by atoms with Crippen molar-refractivity contribution in [3.8, 4) is 0 Å². The number of hydrogen-bond acceptors (Lipinski definition) is 5. The average Bonchev–Trinajstić information content (AvgIpc) is 3.58. The highest BCUT2D eigenvalue weighted by atomic mass is 16.5. The maximum absolute atomic E-state index is 13.7. The quantitative estimate of drug-likeness (QED) is 0.192. The summed E-state index contributed by atoms with van der Waals surface area (Å²) in [6.45, 7) is -0.210. The molecule has 3 aromatic carbocycles. The predicted octanol–water partition coefficient (Wildman–Crippen LogP) is 4.65. The highest BCUT2D eigenvalue weighted by Crippen LogP contribution is 2.37. The van der Waals surface area contributed by atoms with Crippen molar-refractivity contribution in [1.29, 1.82) is 0 Å². The summed E-state index contributed by atoms with van der Waals surface area (Å²) in [5.74, 6) is -1.54. The summed E-state index contributed by atoms with van der Waals surface area (Å²) in [7, 11) is 0. The van der Waals surface area contributed by atoms with Gasteiger partial charge < -0.3 is 25.5 Å². The number of nitrogens with one attached hydrogen (secondary N) is 1. The molecule has 0 fully saturated rings. The Balaban J connectivity index is 1.38. The Labute approximate surface area is 262 Å². The van der Waals surface area contributed by atoms with E-state index in [4.69, 9.17) is 10.5 Å². The molecule has 8 nitrogen and oxygen atoms in total. The first-order valence-electron chi connectivity index (χ1n) is 15.0. The number of aliphatic hydroxyl groups excluding tert-OH is 1. The Bertz CT molecular complexity index is 1660. The summed E-state index contributed by atoms with van der Waals surface area (Å²) >= 11 is 0. The number of aromatic nitrogens is 1. The van der Waals surface area contributed by atoms with E-state index in [-0.39, 0.29) is 19.6 Å². The SMILES string of the molecule is NC(=O)C1(c2ccn(C(CC(=O)OCc3ccccc3)C(=O)NC(CO)Cc3ccccc3)c2)C=CC(c2ccccc2)=CC1. The molecule has 0 bridgehead atoms. The number of aliphatic hydroxyl groups is 1. The minimum Gasteiger partial charge on any atom is -0.461 e. The molecule has 0 saturated carbocycles. The molecule has 2 amide bonds. The summed E-state index contributed by atoms with van der Waals surface area (Å²) in [4.78, 5) is 39.7. The number of nitrogens with zero attached hydrogens (tertiary/aromatic N) is 1. The van der Waals surface area contributed by atoms with Crippen molar-refractivity contribution >= 4 is 23.4 Å². The Kier molecular flexibility index (Phi) is 10.1. The fraction of sp³-hybridized carbons (Fsp3) is 0.216. The lowest BCUT2D eigenvalue weighted by atomic mass is 9.74. The Morgan fingerprint density at radius 2 is 1.56 bits per heavy atom. The summed E-state index contributed by atoms with van der Waals surface area (Å²) in [5.41, 5.74) is 9.26. The molecule has 8 heteroatoms. The van der Waals surface area contributed by atoms with Crippen molar-refractivity contribution in [2.45, 2.75) is 43.4 Å². The number of allylic oxidation sites excluding steroid dienone is 3. The summed E-state index contributed by atoms with van der Waals surface area (Å²) in [5, 5.41) is 13.0. The van der Waals surface area contributed by atoms with E-state index in [2.05, 4.69) is 5.32 Å². The minimum absolute atomic E-state index is 0.0733. The number of rotatable bonds is 13. The highest BCUT2D eigenvalue weighted by Gasteiger charge is 2.38. The number of ether oxygens (including phenoxy) is 1. The van der Waals surface area contributed by atoms with Crippen molar-refractivity contribution in [2.75, 3.05) is 6.61 Å². The second kappa shape index (κ2) is 14.5. The van der Waals surface area contributed by atoms with Gasteiger partial charge in [0.2, 0.25) is 11.8 Å². The molecule has 1 aliphatic carbocycles. The normalized spacial score (nSPS) is 17.1. The zero-order chi connectivity index (χ0) is 31.6. The van der Waals surface area contributed by atoms with Crippen LogP contribution in [0.3, 0.4) is 0 Å². The number of primary amides is 1. The van der Waals surface area contributed by atoms with Crippen LogP contribution in [0, 0.1) is 0 Å². The molecule has 0 spiro atoms. The molecule has 0 radical (unpaired) electrons. The molecule has 1 heterocycles. The van der Waals surface area contributed by atoms with E-state index >= 15 is 0 Å². The van der Waals surface area contributed by atoms with E-state index in [0.717, 1.165) is 22.3 Å². The fourth-order valence-electron chi connectivity index (χ4n) is 5.54. The van der Waals surface area contributed by atoms with E-state index in [1.807, 2.05) is 109 Å². The van der Waals surface area contributed by atoms with Crippen molar-refractivity contribution in [1.82, 2.24) is 9.88 Å². The van der Waals surface area contributed by atoms with Gasteiger partial charge in [-0.15, -0.1) is 0 Å². The van der Waals surface area contributed by atoms with Gasteiger partial charge >= 0.3 is 5.97 Å². The molecule has 1 aliphatic rings. The topological polar surface area (TPSA) is 124 Å². The van der Waals surface area contributed by atoms with Crippen LogP contribution in [-0.4, -0.2) is 40.1 Å². The molecular formula is C37H37N3O5. The van der Waals surface area contributed by atoms with Gasteiger partial charge in [-0.2, -0.15) is 0 Å². The van der Waals surface area contributed by atoms with Crippen LogP contribution in [0.25, 0.3) is 5.57 Å². The Morgan fingerprint density at radius 3 is 2.16 bits per heavy atom. The Hall–Kier alpha value is -5.21. The van der Waals surface area contributed by atoms with Crippen LogP contribution in [0.1, 0.15) is 41.1 Å². The molecule has 4 aromatic rings. The van der Waals surface area contributed by atoms with Crippen LogP contribution in [-0.2, 0) is 37.6 Å². The summed E-state index contributed by atoms with van der Waals surface area (Å²) in [6.07, 6.45) is 9.54. The molecule has 230 valence electrons. The lowest BCUT2D eigenvalue weighted by molar-refractivity contribution is -0.147. The van der Waals surface area contributed by atoms with Gasteiger partial charge in [0.05, 0.1) is 24.5 Å². The molecule has 1 aromatic heterocycles. The second-order valence-corrected chi connectivity index (χ2v) is 11.2. The third-order valence-electron chi connectivity index (χ3n) is 8.12. The van der Waals surface area contributed by atoms with Crippen molar-refractivity contribution < 1.29 is 24.2 Å². The van der Waals surface area contributed by atoms with Gasteiger partial charge in [-0.05, 0) is 46.7 Å². The molecule has 45 heavy (non-hydrogen) atoms. The average molecular weight is 604 g/mol. The fourth-order valence-corrected chi connectivity index (χ4v) is 5.54. The molecule has 0 saturated heterocycles. The number of carbonyl (C=O) groups excluding carboxylic acids is 3. The van der Waals surface area contributed by atoms with Gasteiger partial charge in [-0.1, -0.05) is 109 Å². The molecule has 4 N–H and O–H groups in total. The van der Waals surface area contributed by atoms with Gasteiger partial charge in [-0.25, -0.2) is 0 Å². The van der Waals surface area contributed by atoms with Gasteiger partial charge in [-0.3, -0.25) is 14.4 Å². The van der Waals surface area contributed by atoms with Gasteiger partial charge in [0.25, 0.3) is 0 Å². The standard InChI is InChI=1S/C37H37N3O5/c38-36(44)37(19-16-30(17-20-37)29-14-8-3-9-15-29)31-18-21-40(24-31)33(23-34(42)45-26-28-12-6-2-7-13-28)35(43)39-32(25-41)22-27-10-4-1-5-11-27/h1-19,21,24,32-33,41H,20,22-23,25-26H2,(H2,38,44)(H,39,43). The van der Waals surface area contributed by atoms with Crippen LogP contribution in [0.15, 0.2) is 128 Å². The lowest BCUT2D eigenvalue weighted by Crippen LogP contribution is -2.43. The summed E-state index contributed by atoms with van der Waals surface area (Å²) < 4.78 is 7.13. The number of carbonyl (C=O) groups is 3. The first-order valence-corrected chi connectivity index (χ1v) is 15.0. The Morgan fingerprint density at radius 1 is 0.911 bits per heavy atom. The molecular weight excluding hydrogens is 566 g/mol. The van der Waals surface area contributed by atoms with Crippen LogP contribution in [0.5, 0.6) is 0 Å². The van der Waals surface area contributed by atoms with Crippen LogP contribution >= 0.6 is 0 Å². The van der Waals surface area contributed by atoms with E-state index in [1.54, 1.807) is 23.0 Å². The van der Waals surface area contributed by atoms with E-state index in [1.165, 1.54) is 0 Å². The van der Waals surface area contributed by atoms with Crippen LogP contribution in [0.4, 0.5) is 0 Å². The zero-order valence-corrected chi connectivity index (χ0v) is 24.9. The van der Waals surface area contributed by atoms with Crippen LogP contribution < -0.4 is 11.1 Å². The van der Waals surface area contributed by atoms with Gasteiger partial charge in [0.15, 0.2) is 0 Å².